The van der Waals surface area contributed by atoms with Crippen molar-refractivity contribution in [3.63, 3.8) is 0 Å². The maximum atomic E-state index is 13.1. The lowest BCUT2D eigenvalue weighted by Gasteiger charge is -2.29. The Bertz CT molecular complexity index is 423. The average Bonchev–Trinajstić information content (AvgIpc) is 2.35. The van der Waals surface area contributed by atoms with E-state index in [-0.39, 0.29) is 6.54 Å². The first kappa shape index (κ1) is 15.4. The minimum Gasteiger partial charge on any atom is -0.329 e. The first-order chi connectivity index (χ1) is 8.76. The molecule has 0 N–H and O–H groups in total. The summed E-state index contributed by atoms with van der Waals surface area (Å²) in [4.78, 5) is 16.1. The Kier molecular flexibility index (Phi) is 4.85. The fourth-order valence-electron chi connectivity index (χ4n) is 1.44. The summed E-state index contributed by atoms with van der Waals surface area (Å²) in [5, 5.41) is 0. The van der Waals surface area contributed by atoms with Gasteiger partial charge in [-0.1, -0.05) is 6.07 Å². The van der Waals surface area contributed by atoms with Crippen molar-refractivity contribution >= 4 is 5.91 Å². The van der Waals surface area contributed by atoms with Crippen LogP contribution in [0, 0.1) is 0 Å². The van der Waals surface area contributed by atoms with E-state index in [1.807, 2.05) is 0 Å². The zero-order valence-electron chi connectivity index (χ0n) is 10.5. The van der Waals surface area contributed by atoms with E-state index in [2.05, 4.69) is 4.98 Å². The van der Waals surface area contributed by atoms with Crippen LogP contribution in [0.25, 0.3) is 0 Å². The van der Waals surface area contributed by atoms with Gasteiger partial charge in [-0.05, 0) is 26.0 Å². The lowest BCUT2D eigenvalue weighted by molar-refractivity contribution is -0.183. The van der Waals surface area contributed by atoms with E-state index in [9.17, 15) is 22.4 Å². The molecule has 1 aromatic heterocycles. The summed E-state index contributed by atoms with van der Waals surface area (Å²) >= 11 is 0. The number of hydrogen-bond acceptors (Lipinski definition) is 2. The molecule has 0 radical (unpaired) electrons. The molecule has 0 aromatic carbocycles. The van der Waals surface area contributed by atoms with Gasteiger partial charge in [-0.2, -0.15) is 8.78 Å². The number of amides is 1. The van der Waals surface area contributed by atoms with Crippen molar-refractivity contribution in [2.45, 2.75) is 38.8 Å². The van der Waals surface area contributed by atoms with Crippen LogP contribution in [-0.4, -0.2) is 34.2 Å². The van der Waals surface area contributed by atoms with Crippen LogP contribution in [0.15, 0.2) is 24.4 Å². The van der Waals surface area contributed by atoms with Gasteiger partial charge in [0.05, 0.1) is 12.2 Å². The number of rotatable bonds is 5. The second-order valence-corrected chi connectivity index (χ2v) is 4.27. The molecule has 0 aliphatic carbocycles. The second kappa shape index (κ2) is 5.99. The first-order valence-electron chi connectivity index (χ1n) is 5.63. The van der Waals surface area contributed by atoms with Gasteiger partial charge in [-0.3, -0.25) is 9.78 Å². The predicted molar refractivity (Wildman–Crippen MR) is 60.9 cm³/mol. The number of nitrogens with zero attached hydrogens (tertiary/aromatic N) is 2. The molecule has 0 aliphatic heterocycles. The van der Waals surface area contributed by atoms with E-state index in [1.165, 1.54) is 26.1 Å². The predicted octanol–water partition coefficient (Wildman–Crippen LogP) is 2.72. The van der Waals surface area contributed by atoms with Crippen LogP contribution in [0.2, 0.25) is 0 Å². The van der Waals surface area contributed by atoms with E-state index < -0.39 is 24.3 Å². The quantitative estimate of drug-likeness (QED) is 0.776. The highest BCUT2D eigenvalue weighted by Crippen LogP contribution is 2.27. The van der Waals surface area contributed by atoms with Crippen LogP contribution >= 0.6 is 0 Å². The van der Waals surface area contributed by atoms with Crippen molar-refractivity contribution in [3.8, 4) is 0 Å². The maximum Gasteiger partial charge on any atom is 0.383 e. The lowest BCUT2D eigenvalue weighted by Crippen LogP contribution is -2.50. The summed E-state index contributed by atoms with van der Waals surface area (Å²) in [6.07, 6.45) is -2.59. The summed E-state index contributed by atoms with van der Waals surface area (Å²) in [5.41, 5.74) is 0.356. The van der Waals surface area contributed by atoms with Gasteiger partial charge in [0, 0.05) is 12.2 Å². The largest absolute Gasteiger partial charge is 0.383 e. The van der Waals surface area contributed by atoms with Crippen LogP contribution in [0.3, 0.4) is 0 Å². The molecule has 3 nitrogen and oxygen atoms in total. The Hall–Kier alpha value is -1.66. The molecule has 1 aromatic rings. The first-order valence-corrected chi connectivity index (χ1v) is 5.63. The van der Waals surface area contributed by atoms with E-state index in [4.69, 9.17) is 0 Å². The number of halogens is 4. The Labute approximate surface area is 108 Å². The molecule has 0 bridgehead atoms. The van der Waals surface area contributed by atoms with Crippen LogP contribution < -0.4 is 0 Å². The van der Waals surface area contributed by atoms with Gasteiger partial charge in [0.15, 0.2) is 0 Å². The summed E-state index contributed by atoms with van der Waals surface area (Å²) in [5.74, 6) is -6.57. The third-order valence-corrected chi connectivity index (χ3v) is 2.50. The van der Waals surface area contributed by atoms with Crippen molar-refractivity contribution in [1.82, 2.24) is 9.88 Å². The van der Waals surface area contributed by atoms with Gasteiger partial charge in [0.25, 0.3) is 5.91 Å². The van der Waals surface area contributed by atoms with Crippen molar-refractivity contribution < 1.29 is 22.4 Å². The number of pyridine rings is 1. The summed E-state index contributed by atoms with van der Waals surface area (Å²) in [6, 6.07) is 4.14. The summed E-state index contributed by atoms with van der Waals surface area (Å²) in [6.45, 7) is 2.71. The van der Waals surface area contributed by atoms with E-state index in [1.54, 1.807) is 12.1 Å². The highest BCUT2D eigenvalue weighted by atomic mass is 19.3. The molecule has 0 spiro atoms. The summed E-state index contributed by atoms with van der Waals surface area (Å²) in [7, 11) is 0. The lowest BCUT2D eigenvalue weighted by atomic mass is 10.2. The molecule has 19 heavy (non-hydrogen) atoms. The van der Waals surface area contributed by atoms with E-state index in [0.717, 1.165) is 0 Å². The fraction of sp³-hybridized carbons (Fsp3) is 0.500. The third kappa shape index (κ3) is 3.65. The molecule has 0 saturated heterocycles. The van der Waals surface area contributed by atoms with Crippen molar-refractivity contribution in [2.75, 3.05) is 0 Å². The van der Waals surface area contributed by atoms with Crippen molar-refractivity contribution in [3.05, 3.63) is 30.1 Å². The number of carbonyl (C=O) groups is 1. The molecule has 0 saturated carbocycles. The number of carbonyl (C=O) groups excluding carboxylic acids is 1. The second-order valence-electron chi connectivity index (χ2n) is 4.27. The zero-order valence-corrected chi connectivity index (χ0v) is 10.5. The number of alkyl halides is 4. The summed E-state index contributed by atoms with van der Waals surface area (Å²) < 4.78 is 50.6. The monoisotopic (exact) mass is 278 g/mol. The van der Waals surface area contributed by atoms with Gasteiger partial charge >= 0.3 is 12.3 Å². The van der Waals surface area contributed by atoms with Gasteiger partial charge in [-0.25, -0.2) is 8.78 Å². The molecule has 0 atom stereocenters. The fourth-order valence-corrected chi connectivity index (χ4v) is 1.44. The molecule has 1 rings (SSSR count). The third-order valence-electron chi connectivity index (χ3n) is 2.50. The van der Waals surface area contributed by atoms with Crippen molar-refractivity contribution in [1.29, 1.82) is 0 Å². The zero-order chi connectivity index (χ0) is 14.6. The molecule has 1 heterocycles. The highest BCUT2D eigenvalue weighted by molar-refractivity contribution is 5.84. The Balaban J connectivity index is 2.93. The minimum atomic E-state index is -4.68. The van der Waals surface area contributed by atoms with E-state index in [0.29, 0.717) is 10.6 Å². The molecule has 7 heteroatoms. The molecule has 0 fully saturated rings. The topological polar surface area (TPSA) is 33.2 Å². The van der Waals surface area contributed by atoms with Gasteiger partial charge in [0.1, 0.15) is 0 Å². The van der Waals surface area contributed by atoms with Gasteiger partial charge in [-0.15, -0.1) is 0 Å². The van der Waals surface area contributed by atoms with Crippen molar-refractivity contribution in [2.24, 2.45) is 0 Å². The van der Waals surface area contributed by atoms with Crippen LogP contribution in [0.4, 0.5) is 17.6 Å². The van der Waals surface area contributed by atoms with Crippen LogP contribution in [0.5, 0.6) is 0 Å². The molecule has 0 aliphatic rings. The molecule has 106 valence electrons. The Morgan fingerprint density at radius 1 is 1.37 bits per heavy atom. The molecule has 1 amide bonds. The van der Waals surface area contributed by atoms with Gasteiger partial charge < -0.3 is 4.90 Å². The molecule has 0 unspecified atom stereocenters. The average molecular weight is 278 g/mol. The van der Waals surface area contributed by atoms with Crippen LogP contribution in [0.1, 0.15) is 19.5 Å². The van der Waals surface area contributed by atoms with Gasteiger partial charge in [0.2, 0.25) is 0 Å². The SMILES string of the molecule is CC(C)N(Cc1ccccn1)C(=O)C(F)(F)C(F)F. The Morgan fingerprint density at radius 2 is 2.00 bits per heavy atom. The molecular formula is C12H14F4N2O. The number of hydrogen-bond donors (Lipinski definition) is 0. The minimum absolute atomic E-state index is 0.236. The molecular weight excluding hydrogens is 264 g/mol. The Morgan fingerprint density at radius 3 is 2.42 bits per heavy atom. The highest BCUT2D eigenvalue weighted by Gasteiger charge is 2.51. The van der Waals surface area contributed by atoms with E-state index >= 15 is 0 Å². The number of aromatic nitrogens is 1. The maximum absolute atomic E-state index is 13.1. The smallest absolute Gasteiger partial charge is 0.329 e. The van der Waals surface area contributed by atoms with Crippen LogP contribution in [-0.2, 0) is 11.3 Å². The normalized spacial score (nSPS) is 12.0. The standard InChI is InChI=1S/C12H14F4N2O/c1-8(2)18(7-9-5-3-4-6-17-9)11(19)12(15,16)10(13)14/h3-6,8,10H,7H2,1-2H3.